The predicted octanol–water partition coefficient (Wildman–Crippen LogP) is 4.15. The number of allylic oxidation sites excluding steroid dienone is 1. The van der Waals surface area contributed by atoms with E-state index in [1.165, 1.54) is 0 Å². The lowest BCUT2D eigenvalue weighted by Crippen LogP contribution is -2.04. The van der Waals surface area contributed by atoms with Crippen molar-refractivity contribution in [1.82, 2.24) is 4.90 Å². The standard InChI is InChI=1S/C19H19NO2S/c1-13-4-6-14(7-5-13)15-10-16(12-17(11-15)19(21)22)18(23)8-9-20(2)3/h4-12H,1-3H3,(H,21,22). The summed E-state index contributed by atoms with van der Waals surface area (Å²) in [4.78, 5) is 13.9. The Labute approximate surface area is 141 Å². The van der Waals surface area contributed by atoms with Gasteiger partial charge in [-0.15, -0.1) is 0 Å². The van der Waals surface area contributed by atoms with E-state index in [0.717, 1.165) is 22.3 Å². The first-order valence-corrected chi connectivity index (χ1v) is 7.62. The van der Waals surface area contributed by atoms with E-state index in [9.17, 15) is 9.90 Å². The fraction of sp³-hybridized carbons (Fsp3) is 0.158. The van der Waals surface area contributed by atoms with E-state index < -0.39 is 5.97 Å². The summed E-state index contributed by atoms with van der Waals surface area (Å²) in [5.74, 6) is -0.959. The summed E-state index contributed by atoms with van der Waals surface area (Å²) in [5, 5.41) is 9.36. The second-order valence-electron chi connectivity index (χ2n) is 5.61. The van der Waals surface area contributed by atoms with Crippen LogP contribution in [-0.4, -0.2) is 34.9 Å². The quantitative estimate of drug-likeness (QED) is 0.509. The molecule has 0 bridgehead atoms. The maximum atomic E-state index is 11.4. The van der Waals surface area contributed by atoms with Gasteiger partial charge in [0.25, 0.3) is 0 Å². The molecule has 0 saturated heterocycles. The predicted molar refractivity (Wildman–Crippen MR) is 98.1 cm³/mol. The highest BCUT2D eigenvalue weighted by molar-refractivity contribution is 7.81. The normalized spacial score (nSPS) is 10.7. The van der Waals surface area contributed by atoms with Crippen molar-refractivity contribution in [1.29, 1.82) is 0 Å². The highest BCUT2D eigenvalue weighted by Gasteiger charge is 2.10. The molecule has 0 heterocycles. The van der Waals surface area contributed by atoms with E-state index in [4.69, 9.17) is 12.2 Å². The van der Waals surface area contributed by atoms with Gasteiger partial charge in [0.2, 0.25) is 0 Å². The molecule has 4 heteroatoms. The first kappa shape index (κ1) is 16.9. The van der Waals surface area contributed by atoms with Gasteiger partial charge in [0, 0.05) is 19.0 Å². The summed E-state index contributed by atoms with van der Waals surface area (Å²) in [6.07, 6.45) is 3.65. The maximum Gasteiger partial charge on any atom is 0.335 e. The van der Waals surface area contributed by atoms with Crippen LogP contribution < -0.4 is 0 Å². The molecule has 2 aromatic carbocycles. The lowest BCUT2D eigenvalue weighted by atomic mass is 9.97. The Hall–Kier alpha value is -2.46. The lowest BCUT2D eigenvalue weighted by Gasteiger charge is -2.09. The van der Waals surface area contributed by atoms with E-state index in [-0.39, 0.29) is 5.56 Å². The maximum absolute atomic E-state index is 11.4. The second kappa shape index (κ2) is 7.20. The van der Waals surface area contributed by atoms with E-state index in [1.54, 1.807) is 18.2 Å². The molecule has 0 saturated carbocycles. The summed E-state index contributed by atoms with van der Waals surface area (Å²) < 4.78 is 0. The van der Waals surface area contributed by atoms with Crippen LogP contribution in [0.15, 0.2) is 54.7 Å². The molecule has 0 unspecified atom stereocenters. The van der Waals surface area contributed by atoms with Crippen LogP contribution in [0.25, 0.3) is 11.1 Å². The van der Waals surface area contributed by atoms with Crippen molar-refractivity contribution in [2.45, 2.75) is 6.92 Å². The highest BCUT2D eigenvalue weighted by Crippen LogP contribution is 2.24. The zero-order chi connectivity index (χ0) is 17.0. The molecule has 3 nitrogen and oxygen atoms in total. The van der Waals surface area contributed by atoms with Crippen LogP contribution in [0.3, 0.4) is 0 Å². The minimum atomic E-state index is -0.959. The zero-order valence-corrected chi connectivity index (χ0v) is 14.2. The molecule has 0 aliphatic heterocycles. The van der Waals surface area contributed by atoms with Gasteiger partial charge in [-0.2, -0.15) is 0 Å². The van der Waals surface area contributed by atoms with Crippen LogP contribution in [-0.2, 0) is 0 Å². The summed E-state index contributed by atoms with van der Waals surface area (Å²) in [5.41, 5.74) is 3.94. The van der Waals surface area contributed by atoms with Gasteiger partial charge in [-0.1, -0.05) is 42.0 Å². The van der Waals surface area contributed by atoms with Crippen LogP contribution in [0.1, 0.15) is 21.5 Å². The Morgan fingerprint density at radius 1 is 1.04 bits per heavy atom. The van der Waals surface area contributed by atoms with E-state index in [2.05, 4.69) is 0 Å². The summed E-state index contributed by atoms with van der Waals surface area (Å²) >= 11 is 5.41. The number of aryl methyl sites for hydroxylation is 1. The average molecular weight is 325 g/mol. The van der Waals surface area contributed by atoms with Crippen LogP contribution in [0.5, 0.6) is 0 Å². The first-order valence-electron chi connectivity index (χ1n) is 7.21. The Balaban J connectivity index is 2.49. The van der Waals surface area contributed by atoms with Crippen molar-refractivity contribution < 1.29 is 9.90 Å². The van der Waals surface area contributed by atoms with Crippen LogP contribution in [0, 0.1) is 6.92 Å². The molecular weight excluding hydrogens is 306 g/mol. The van der Waals surface area contributed by atoms with E-state index in [1.807, 2.05) is 62.5 Å². The molecule has 23 heavy (non-hydrogen) atoms. The fourth-order valence-corrected chi connectivity index (χ4v) is 2.30. The van der Waals surface area contributed by atoms with Crippen LogP contribution in [0.2, 0.25) is 0 Å². The van der Waals surface area contributed by atoms with Crippen molar-refractivity contribution in [3.8, 4) is 11.1 Å². The third kappa shape index (κ3) is 4.50. The first-order chi connectivity index (χ1) is 10.9. The molecule has 0 aliphatic carbocycles. The van der Waals surface area contributed by atoms with E-state index in [0.29, 0.717) is 4.86 Å². The SMILES string of the molecule is Cc1ccc(-c2cc(C(=O)O)cc(C(=S)C=CN(C)C)c2)cc1. The molecule has 0 fully saturated rings. The van der Waals surface area contributed by atoms with Gasteiger partial charge in [-0.3, -0.25) is 0 Å². The number of aromatic carboxylic acids is 1. The number of benzene rings is 2. The van der Waals surface area contributed by atoms with Crippen molar-refractivity contribution in [2.24, 2.45) is 0 Å². The second-order valence-corrected chi connectivity index (χ2v) is 6.05. The third-order valence-corrected chi connectivity index (χ3v) is 3.75. The number of thiocarbonyl (C=S) groups is 1. The lowest BCUT2D eigenvalue weighted by molar-refractivity contribution is 0.0697. The largest absolute Gasteiger partial charge is 0.478 e. The summed E-state index contributed by atoms with van der Waals surface area (Å²) in [7, 11) is 3.81. The minimum Gasteiger partial charge on any atom is -0.478 e. The molecule has 0 radical (unpaired) electrons. The molecule has 2 rings (SSSR count). The molecule has 1 N–H and O–H groups in total. The smallest absolute Gasteiger partial charge is 0.335 e. The molecule has 118 valence electrons. The van der Waals surface area contributed by atoms with Crippen molar-refractivity contribution in [2.75, 3.05) is 14.1 Å². The summed E-state index contributed by atoms with van der Waals surface area (Å²) in [6.45, 7) is 2.02. The average Bonchev–Trinajstić information content (AvgIpc) is 2.52. The van der Waals surface area contributed by atoms with E-state index >= 15 is 0 Å². The van der Waals surface area contributed by atoms with Gasteiger partial charge < -0.3 is 10.0 Å². The number of carboxylic acids is 1. The van der Waals surface area contributed by atoms with Gasteiger partial charge in [0.05, 0.1) is 5.56 Å². The van der Waals surface area contributed by atoms with Gasteiger partial charge in [-0.05, 0) is 54.1 Å². The minimum absolute atomic E-state index is 0.235. The molecular formula is C19H19NO2S. The van der Waals surface area contributed by atoms with Gasteiger partial charge >= 0.3 is 5.97 Å². The van der Waals surface area contributed by atoms with Crippen LogP contribution >= 0.6 is 12.2 Å². The van der Waals surface area contributed by atoms with Crippen molar-refractivity contribution in [3.05, 3.63) is 71.4 Å². The van der Waals surface area contributed by atoms with Gasteiger partial charge in [-0.25, -0.2) is 4.79 Å². The zero-order valence-electron chi connectivity index (χ0n) is 13.4. The Morgan fingerprint density at radius 3 is 2.22 bits per heavy atom. The summed E-state index contributed by atoms with van der Waals surface area (Å²) in [6, 6.07) is 13.2. The van der Waals surface area contributed by atoms with Crippen molar-refractivity contribution in [3.63, 3.8) is 0 Å². The molecule has 0 aliphatic rings. The molecule has 0 spiro atoms. The Morgan fingerprint density at radius 2 is 1.65 bits per heavy atom. The molecule has 0 aromatic heterocycles. The number of carbonyl (C=O) groups is 1. The van der Waals surface area contributed by atoms with Gasteiger partial charge in [0.15, 0.2) is 0 Å². The fourth-order valence-electron chi connectivity index (χ4n) is 2.12. The number of carboxylic acid groups (broad SMARTS) is 1. The number of nitrogens with zero attached hydrogens (tertiary/aromatic N) is 1. The monoisotopic (exact) mass is 325 g/mol. The molecule has 0 atom stereocenters. The number of rotatable bonds is 5. The van der Waals surface area contributed by atoms with Crippen LogP contribution in [0.4, 0.5) is 0 Å². The van der Waals surface area contributed by atoms with Gasteiger partial charge in [0.1, 0.15) is 0 Å². The topological polar surface area (TPSA) is 40.5 Å². The molecule has 2 aromatic rings. The molecule has 0 amide bonds. The Kier molecular flexibility index (Phi) is 5.29. The number of hydrogen-bond acceptors (Lipinski definition) is 3. The Bertz CT molecular complexity index is 761. The highest BCUT2D eigenvalue weighted by atomic mass is 32.1. The number of hydrogen-bond donors (Lipinski definition) is 1. The third-order valence-electron chi connectivity index (χ3n) is 3.37. The van der Waals surface area contributed by atoms with Crippen molar-refractivity contribution >= 4 is 23.1 Å².